The van der Waals surface area contributed by atoms with Gasteiger partial charge in [-0.3, -0.25) is 101 Å². The molecule has 15 atom stereocenters. The van der Waals surface area contributed by atoms with Crippen molar-refractivity contribution >= 4 is 119 Å². The first-order valence-electron chi connectivity index (χ1n) is 44.0. The number of carboxylic acid groups (broad SMARTS) is 1. The van der Waals surface area contributed by atoms with Crippen LogP contribution in [0.1, 0.15) is 224 Å². The van der Waals surface area contributed by atoms with Crippen molar-refractivity contribution in [2.75, 3.05) is 92.0 Å². The summed E-state index contributed by atoms with van der Waals surface area (Å²) >= 11 is 0. The van der Waals surface area contributed by atoms with E-state index in [-0.39, 0.29) is 167 Å². The van der Waals surface area contributed by atoms with Gasteiger partial charge in [0, 0.05) is 174 Å². The molecule has 0 aromatic rings. The van der Waals surface area contributed by atoms with Crippen LogP contribution in [0.5, 0.6) is 0 Å². The standard InChI is InChI=1S/C84H135N11O36/c1-50(97)92-73-77(125-58(9)105)75(123-56(7)103)64(48-121-54(5)101)128-81(73)117-41-21-13-16-29-68(110)88-37-26-39-90-71(113)45-95(66(46-96)85-35-25-36-87-67(109)31-18-15-23-43-119-83-79(94-52(3)99)84(130-60(11)107,131-61(12)108)44-62(127-83)47-120-53(4)100)63(28-19-20-34-86-70(112)32-24-33-72(114)115)80(116)91-40-27-38-89-69(111)30-17-14-22-42-118-82-74(93-51(2)98)78(126-59(10)106)76(124-57(8)104)65(129-82)49-122-55(6)102/h46,62-66,73-79,81-83,85H,13-45,47-49H2,1-12H3,(H,86,112)(H,87,109)(H,88,110)(H,89,111)(H,90,113)(H,91,116)(H,92,97)(H,93,98)(H,94,99)(H,114,115). The van der Waals surface area contributed by atoms with Crippen LogP contribution in [0.4, 0.5) is 0 Å². The maximum atomic E-state index is 14.6. The summed E-state index contributed by atoms with van der Waals surface area (Å²) in [6, 6.07) is -4.94. The third kappa shape index (κ3) is 48.3. The zero-order valence-electron chi connectivity index (χ0n) is 76.9. The van der Waals surface area contributed by atoms with Gasteiger partial charge in [0.15, 0.2) is 55.6 Å². The van der Waals surface area contributed by atoms with Gasteiger partial charge in [-0.2, -0.15) is 0 Å². The van der Waals surface area contributed by atoms with Gasteiger partial charge in [-0.05, 0) is 90.0 Å². The largest absolute Gasteiger partial charge is 0.481 e. The zero-order valence-corrected chi connectivity index (χ0v) is 76.9. The van der Waals surface area contributed by atoms with E-state index in [2.05, 4.69) is 53.2 Å². The van der Waals surface area contributed by atoms with Crippen LogP contribution in [0, 0.1) is 0 Å². The predicted octanol–water partition coefficient (Wildman–Crippen LogP) is -0.887. The molecule has 0 bridgehead atoms. The second-order valence-electron chi connectivity index (χ2n) is 31.4. The summed E-state index contributed by atoms with van der Waals surface area (Å²) in [5.41, 5.74) is 0. The first-order chi connectivity index (χ1) is 62.1. The van der Waals surface area contributed by atoms with Crippen molar-refractivity contribution in [2.45, 2.75) is 322 Å². The maximum Gasteiger partial charge on any atom is 0.305 e. The number of unbranched alkanes of at least 4 members (excludes halogenated alkanes) is 7. The topological polar surface area (TPSA) is 624 Å². The molecule has 131 heavy (non-hydrogen) atoms. The van der Waals surface area contributed by atoms with Crippen LogP contribution in [-0.2, 0) is 167 Å². The van der Waals surface area contributed by atoms with E-state index in [1.54, 1.807) is 0 Å². The minimum Gasteiger partial charge on any atom is -0.481 e. The number of carbonyl (C=O) groups excluding carboxylic acids is 19. The molecule has 0 saturated carbocycles. The van der Waals surface area contributed by atoms with Crippen LogP contribution in [-0.4, -0.2) is 319 Å². The highest BCUT2D eigenvalue weighted by molar-refractivity contribution is 5.85. The average Bonchev–Trinajstić information content (AvgIpc) is 0.758. The van der Waals surface area contributed by atoms with Gasteiger partial charge in [0.1, 0.15) is 56.4 Å². The molecule has 3 aliphatic rings. The Balaban J connectivity index is 1.75. The Morgan fingerprint density at radius 1 is 0.382 bits per heavy atom. The van der Waals surface area contributed by atoms with Crippen molar-refractivity contribution in [3.63, 3.8) is 0 Å². The molecule has 742 valence electrons. The van der Waals surface area contributed by atoms with Gasteiger partial charge in [0.2, 0.25) is 53.2 Å². The van der Waals surface area contributed by atoms with E-state index >= 15 is 0 Å². The lowest BCUT2D eigenvalue weighted by Crippen LogP contribution is -2.68. The van der Waals surface area contributed by atoms with E-state index in [0.717, 1.165) is 62.3 Å². The predicted molar refractivity (Wildman–Crippen MR) is 451 cm³/mol. The Hall–Kier alpha value is -10.7. The van der Waals surface area contributed by atoms with E-state index in [9.17, 15) is 95.9 Å². The third-order valence-electron chi connectivity index (χ3n) is 19.7. The van der Waals surface area contributed by atoms with E-state index in [1.165, 1.54) is 25.7 Å². The lowest BCUT2D eigenvalue weighted by molar-refractivity contribution is -0.323. The minimum absolute atomic E-state index is 0.00725. The van der Waals surface area contributed by atoms with E-state index in [4.69, 9.17) is 76.2 Å². The summed E-state index contributed by atoms with van der Waals surface area (Å²) < 4.78 is 84.6. The normalized spacial score (nSPS) is 21.2. The first kappa shape index (κ1) is 114. The summed E-state index contributed by atoms with van der Waals surface area (Å²) in [7, 11) is 0. The second kappa shape index (κ2) is 63.4. The van der Waals surface area contributed by atoms with Crippen LogP contribution in [0.2, 0.25) is 0 Å². The molecule has 0 aromatic heterocycles. The molecule has 47 heteroatoms. The van der Waals surface area contributed by atoms with Crippen molar-refractivity contribution in [2.24, 2.45) is 0 Å². The van der Waals surface area contributed by atoms with Gasteiger partial charge < -0.3 is 129 Å². The quantitative estimate of drug-likeness (QED) is 0.0116. The number of ether oxygens (including phenoxy) is 15. The molecular weight excluding hydrogens is 1740 g/mol. The highest BCUT2D eigenvalue weighted by atomic mass is 16.8. The number of esters is 9. The van der Waals surface area contributed by atoms with Crippen molar-refractivity contribution in [3.05, 3.63) is 0 Å². The molecule has 0 aromatic carbocycles. The number of hydrogen-bond donors (Lipinski definition) is 11. The Morgan fingerprint density at radius 3 is 1.15 bits per heavy atom. The number of aldehydes is 1. The minimum atomic E-state index is -2.12. The Kier molecular flexibility index (Phi) is 55.4. The second-order valence-corrected chi connectivity index (χ2v) is 31.4. The van der Waals surface area contributed by atoms with Crippen molar-refractivity contribution in [1.82, 2.24) is 58.1 Å². The molecule has 15 unspecified atom stereocenters. The average molecular weight is 1880 g/mol. The smallest absolute Gasteiger partial charge is 0.305 e. The summed E-state index contributed by atoms with van der Waals surface area (Å²) in [6.07, 6.45) is -8.95. The lowest BCUT2D eigenvalue weighted by Gasteiger charge is -2.47. The van der Waals surface area contributed by atoms with E-state index in [0.29, 0.717) is 70.5 Å². The van der Waals surface area contributed by atoms with Gasteiger partial charge in [-0.25, -0.2) is 0 Å². The van der Waals surface area contributed by atoms with Crippen LogP contribution in [0.3, 0.4) is 0 Å². The molecule has 3 fully saturated rings. The molecule has 9 amide bonds. The van der Waals surface area contributed by atoms with Crippen molar-refractivity contribution < 1.29 is 172 Å². The van der Waals surface area contributed by atoms with Crippen LogP contribution < -0.4 is 53.2 Å². The molecule has 47 nitrogen and oxygen atoms in total. The Labute approximate surface area is 760 Å². The monoisotopic (exact) mass is 1870 g/mol. The molecule has 3 heterocycles. The first-order valence-corrected chi connectivity index (χ1v) is 44.0. The lowest BCUT2D eigenvalue weighted by atomic mass is 9.95. The van der Waals surface area contributed by atoms with Gasteiger partial charge in [0.25, 0.3) is 5.79 Å². The number of nitrogens with one attached hydrogen (secondary N) is 10. The molecule has 0 aliphatic carbocycles. The number of aliphatic carboxylic acids is 1. The SMILES string of the molecule is CC(=O)NC1C(OCCCCCC(=O)NCCCNC(=O)CN(C(C=O)NCCCNC(=O)CCCCCOC2OC(COC(C)=O)CC(OC(C)=O)(OC(C)=O)C2NC(C)=O)C(CCCCNC(=O)CCCC(=O)O)C(=O)NCCCNC(=O)CCCCCOC2OC(COC(C)=O)C(OC(C)=O)C(OC(C)=O)C2NC(C)=O)OC(COC(C)=O)C(OC(C)=O)C1OC(C)=O. The fraction of sp³-hybridized carbons (Fsp3) is 0.762. The van der Waals surface area contributed by atoms with Gasteiger partial charge in [-0.15, -0.1) is 0 Å². The van der Waals surface area contributed by atoms with Gasteiger partial charge in [-0.1, -0.05) is 19.3 Å². The summed E-state index contributed by atoms with van der Waals surface area (Å²) in [6.45, 7) is 12.4. The van der Waals surface area contributed by atoms with Crippen LogP contribution in [0.25, 0.3) is 0 Å². The molecule has 3 rings (SSSR count). The molecule has 0 radical (unpaired) electrons. The number of rotatable bonds is 64. The van der Waals surface area contributed by atoms with E-state index in [1.807, 2.05) is 0 Å². The molecular formula is C84H135N11O36. The van der Waals surface area contributed by atoms with Crippen LogP contribution in [0.15, 0.2) is 0 Å². The number of hydrogen-bond acceptors (Lipinski definition) is 37. The molecule has 0 spiro atoms. The fourth-order valence-corrected chi connectivity index (χ4v) is 14.2. The molecule has 3 saturated heterocycles. The summed E-state index contributed by atoms with van der Waals surface area (Å²) in [4.78, 5) is 253. The number of amides is 9. The van der Waals surface area contributed by atoms with Crippen molar-refractivity contribution in [1.29, 1.82) is 0 Å². The summed E-state index contributed by atoms with van der Waals surface area (Å²) in [5.74, 6) is -14.4. The number of carboxylic acids is 1. The number of nitrogens with zero attached hydrogens (tertiary/aromatic N) is 1. The highest BCUT2D eigenvalue weighted by Crippen LogP contribution is 2.37. The van der Waals surface area contributed by atoms with Crippen molar-refractivity contribution in [3.8, 4) is 0 Å². The van der Waals surface area contributed by atoms with Crippen LogP contribution >= 0.6 is 0 Å². The van der Waals surface area contributed by atoms with E-state index < -0.39 is 213 Å². The number of carbonyl (C=O) groups is 20. The Bertz CT molecular complexity index is 3710. The highest BCUT2D eigenvalue weighted by Gasteiger charge is 2.58. The Morgan fingerprint density at radius 2 is 0.756 bits per heavy atom. The zero-order chi connectivity index (χ0) is 97.5. The van der Waals surface area contributed by atoms with Gasteiger partial charge >= 0.3 is 59.7 Å². The fourth-order valence-electron chi connectivity index (χ4n) is 14.2. The third-order valence-corrected chi connectivity index (χ3v) is 19.7. The molecule has 11 N–H and O–H groups in total. The summed E-state index contributed by atoms with van der Waals surface area (Å²) in [5, 5.41) is 36.9. The van der Waals surface area contributed by atoms with Gasteiger partial charge in [0.05, 0.1) is 19.0 Å². The maximum absolute atomic E-state index is 14.6. The molecule has 3 aliphatic heterocycles.